The highest BCUT2D eigenvalue weighted by molar-refractivity contribution is 6.30. The largest absolute Gasteiger partial charge is 0.496 e. The Morgan fingerprint density at radius 2 is 2.03 bits per heavy atom. The Kier molecular flexibility index (Phi) is 4.99. The Bertz CT molecular complexity index is 1150. The van der Waals surface area contributed by atoms with Gasteiger partial charge in [-0.3, -0.25) is 4.79 Å². The van der Waals surface area contributed by atoms with Crippen LogP contribution < -0.4 is 10.1 Å². The zero-order valence-electron chi connectivity index (χ0n) is 17.4. The van der Waals surface area contributed by atoms with Crippen molar-refractivity contribution < 1.29 is 13.9 Å². The predicted octanol–water partition coefficient (Wildman–Crippen LogP) is 5.74. The van der Waals surface area contributed by atoms with Gasteiger partial charge in [0.2, 0.25) is 0 Å². The van der Waals surface area contributed by atoms with Gasteiger partial charge in [0, 0.05) is 28.4 Å². The van der Waals surface area contributed by atoms with Crippen LogP contribution in [-0.4, -0.2) is 12.9 Å². The lowest BCUT2D eigenvalue weighted by Gasteiger charge is -2.38. The third-order valence-corrected chi connectivity index (χ3v) is 5.93. The second-order valence-corrected chi connectivity index (χ2v) is 9.02. The average Bonchev–Trinajstić information content (AvgIpc) is 3.15. The number of ketones is 1. The van der Waals surface area contributed by atoms with Gasteiger partial charge < -0.3 is 14.5 Å². The number of dihydropyridines is 1. The first-order valence-corrected chi connectivity index (χ1v) is 10.2. The lowest BCUT2D eigenvalue weighted by atomic mass is 9.70. The highest BCUT2D eigenvalue weighted by Crippen LogP contribution is 2.47. The van der Waals surface area contributed by atoms with Crippen molar-refractivity contribution in [2.24, 2.45) is 5.41 Å². The van der Waals surface area contributed by atoms with E-state index in [1.165, 1.54) is 0 Å². The van der Waals surface area contributed by atoms with Crippen molar-refractivity contribution in [2.75, 3.05) is 7.11 Å². The molecular formula is C24H23ClN2O3. The first-order chi connectivity index (χ1) is 14.2. The predicted molar refractivity (Wildman–Crippen MR) is 115 cm³/mol. The molecule has 6 heteroatoms. The Labute approximate surface area is 181 Å². The Hall–Kier alpha value is -2.97. The molecule has 2 aromatic rings. The Morgan fingerprint density at radius 1 is 1.27 bits per heavy atom. The summed E-state index contributed by atoms with van der Waals surface area (Å²) < 4.78 is 11.6. The van der Waals surface area contributed by atoms with E-state index in [2.05, 4.69) is 25.2 Å². The maximum atomic E-state index is 13.1. The van der Waals surface area contributed by atoms with E-state index < -0.39 is 5.92 Å². The fourth-order valence-electron chi connectivity index (χ4n) is 4.39. The van der Waals surface area contributed by atoms with Crippen LogP contribution in [0.3, 0.4) is 0 Å². The summed E-state index contributed by atoms with van der Waals surface area (Å²) in [7, 11) is 1.59. The maximum Gasteiger partial charge on any atom is 0.162 e. The average molecular weight is 423 g/mol. The van der Waals surface area contributed by atoms with Gasteiger partial charge in [-0.2, -0.15) is 5.26 Å². The van der Waals surface area contributed by atoms with E-state index in [-0.39, 0.29) is 11.2 Å². The third-order valence-electron chi connectivity index (χ3n) is 5.70. The monoisotopic (exact) mass is 422 g/mol. The number of Topliss-reactive ketones (excluding diaryl/α,β-unsaturated/α-hetero) is 1. The number of nitriles is 1. The molecular weight excluding hydrogens is 400 g/mol. The van der Waals surface area contributed by atoms with Crippen LogP contribution in [-0.2, 0) is 4.79 Å². The number of carbonyl (C=O) groups excluding carboxylic acids is 1. The molecule has 30 heavy (non-hydrogen) atoms. The number of ether oxygens (including phenoxy) is 1. The smallest absolute Gasteiger partial charge is 0.162 e. The van der Waals surface area contributed by atoms with Crippen molar-refractivity contribution in [1.29, 1.82) is 5.26 Å². The van der Waals surface area contributed by atoms with Crippen LogP contribution in [0.15, 0.2) is 57.3 Å². The summed E-state index contributed by atoms with van der Waals surface area (Å²) in [5.74, 6) is 1.30. The van der Waals surface area contributed by atoms with Crippen LogP contribution in [0, 0.1) is 16.7 Å². The van der Waals surface area contributed by atoms with Gasteiger partial charge in [-0.05, 0) is 49.1 Å². The molecule has 1 aromatic heterocycles. The molecule has 1 unspecified atom stereocenters. The van der Waals surface area contributed by atoms with Crippen LogP contribution >= 0.6 is 11.6 Å². The molecule has 5 nitrogen and oxygen atoms in total. The molecule has 1 N–H and O–H groups in total. The first-order valence-electron chi connectivity index (χ1n) is 9.82. The zero-order valence-corrected chi connectivity index (χ0v) is 18.2. The lowest BCUT2D eigenvalue weighted by Crippen LogP contribution is -2.36. The maximum absolute atomic E-state index is 13.1. The minimum atomic E-state index is -0.520. The molecule has 0 amide bonds. The van der Waals surface area contributed by atoms with E-state index in [0.29, 0.717) is 39.9 Å². The van der Waals surface area contributed by atoms with Crippen LogP contribution in [0.2, 0.25) is 5.02 Å². The zero-order chi connectivity index (χ0) is 21.6. The van der Waals surface area contributed by atoms with E-state index in [1.807, 2.05) is 19.1 Å². The number of benzene rings is 1. The topological polar surface area (TPSA) is 75.3 Å². The Balaban J connectivity index is 1.84. The minimum Gasteiger partial charge on any atom is -0.496 e. The normalized spacial score (nSPS) is 20.5. The van der Waals surface area contributed by atoms with Crippen LogP contribution in [0.5, 0.6) is 5.75 Å². The number of nitrogens with one attached hydrogen (secondary N) is 1. The van der Waals surface area contributed by atoms with Gasteiger partial charge in [0.1, 0.15) is 17.3 Å². The van der Waals surface area contributed by atoms with E-state index in [4.69, 9.17) is 20.8 Å². The summed E-state index contributed by atoms with van der Waals surface area (Å²) in [5, 5.41) is 13.7. The van der Waals surface area contributed by atoms with E-state index in [0.717, 1.165) is 23.4 Å². The van der Waals surface area contributed by atoms with Crippen LogP contribution in [0.25, 0.3) is 11.3 Å². The quantitative estimate of drug-likeness (QED) is 0.682. The summed E-state index contributed by atoms with van der Waals surface area (Å²) in [5.41, 5.74) is 3.37. The van der Waals surface area contributed by atoms with Gasteiger partial charge in [-0.15, -0.1) is 0 Å². The van der Waals surface area contributed by atoms with Crippen molar-refractivity contribution in [1.82, 2.24) is 5.32 Å². The number of carbonyl (C=O) groups is 1. The molecule has 0 saturated heterocycles. The molecule has 1 aliphatic heterocycles. The highest BCUT2D eigenvalue weighted by Gasteiger charge is 2.42. The molecule has 4 rings (SSSR count). The number of allylic oxidation sites excluding steroid dienone is 4. The SMILES string of the molecule is COc1ccc(Cl)cc1-c1ccc(C2C(C#N)=C(C)NC3=C2C(=O)CC(C)(C)C3)o1. The minimum absolute atomic E-state index is 0.0530. The molecule has 0 bridgehead atoms. The number of furan rings is 1. The number of halogens is 1. The number of nitrogens with zero attached hydrogens (tertiary/aromatic N) is 1. The van der Waals surface area contributed by atoms with Gasteiger partial charge in [0.15, 0.2) is 5.78 Å². The van der Waals surface area contributed by atoms with Gasteiger partial charge in [0.25, 0.3) is 0 Å². The lowest BCUT2D eigenvalue weighted by molar-refractivity contribution is -0.118. The third kappa shape index (κ3) is 3.42. The molecule has 0 spiro atoms. The van der Waals surface area contributed by atoms with Crippen LogP contribution in [0.1, 0.15) is 45.3 Å². The van der Waals surface area contributed by atoms with Crippen LogP contribution in [0.4, 0.5) is 0 Å². The second kappa shape index (κ2) is 7.37. The van der Waals surface area contributed by atoms with Crippen molar-refractivity contribution in [3.05, 3.63) is 63.7 Å². The van der Waals surface area contributed by atoms with Crippen molar-refractivity contribution in [3.8, 4) is 23.1 Å². The molecule has 1 atom stereocenters. The number of methoxy groups -OCH3 is 1. The summed E-state index contributed by atoms with van der Waals surface area (Å²) in [4.78, 5) is 13.1. The van der Waals surface area contributed by atoms with E-state index >= 15 is 0 Å². The molecule has 2 heterocycles. The van der Waals surface area contributed by atoms with E-state index in [9.17, 15) is 10.1 Å². The van der Waals surface area contributed by atoms with Crippen molar-refractivity contribution in [2.45, 2.75) is 39.5 Å². The molecule has 0 fully saturated rings. The number of hydrogen-bond acceptors (Lipinski definition) is 5. The summed E-state index contributed by atoms with van der Waals surface area (Å²) in [6.45, 7) is 6.03. The highest BCUT2D eigenvalue weighted by atomic mass is 35.5. The summed E-state index contributed by atoms with van der Waals surface area (Å²) in [6.07, 6.45) is 1.19. The molecule has 1 aliphatic carbocycles. The summed E-state index contributed by atoms with van der Waals surface area (Å²) >= 11 is 6.17. The molecule has 0 radical (unpaired) electrons. The summed E-state index contributed by atoms with van der Waals surface area (Å²) in [6, 6.07) is 11.2. The first kappa shape index (κ1) is 20.3. The Morgan fingerprint density at radius 3 is 2.73 bits per heavy atom. The molecule has 0 saturated carbocycles. The van der Waals surface area contributed by atoms with Gasteiger partial charge in [-0.1, -0.05) is 25.4 Å². The van der Waals surface area contributed by atoms with Crippen molar-refractivity contribution >= 4 is 17.4 Å². The fourth-order valence-corrected chi connectivity index (χ4v) is 4.57. The molecule has 154 valence electrons. The number of hydrogen-bond donors (Lipinski definition) is 1. The fraction of sp³-hybridized carbons (Fsp3) is 0.333. The van der Waals surface area contributed by atoms with Gasteiger partial charge >= 0.3 is 0 Å². The standard InChI is InChI=1S/C24H23ClN2O3/c1-13-16(12-26)22(23-17(27-13)10-24(2,3)11-18(23)28)21-8-7-20(30-21)15-9-14(25)5-6-19(15)29-4/h5-9,22,27H,10-11H2,1-4H3. The second-order valence-electron chi connectivity index (χ2n) is 8.59. The number of rotatable bonds is 3. The molecule has 1 aromatic carbocycles. The van der Waals surface area contributed by atoms with Gasteiger partial charge in [-0.25, -0.2) is 0 Å². The molecule has 2 aliphatic rings. The van der Waals surface area contributed by atoms with E-state index in [1.54, 1.807) is 25.3 Å². The van der Waals surface area contributed by atoms with Crippen molar-refractivity contribution in [3.63, 3.8) is 0 Å². The van der Waals surface area contributed by atoms with Gasteiger partial charge in [0.05, 0.1) is 30.2 Å².